The van der Waals surface area contributed by atoms with Gasteiger partial charge in [-0.25, -0.2) is 0 Å². The van der Waals surface area contributed by atoms with Crippen LogP contribution in [0.25, 0.3) is 0 Å². The Balaban J connectivity index is 2.21. The van der Waals surface area contributed by atoms with Gasteiger partial charge in [-0.3, -0.25) is 0 Å². The number of hydrogen-bond donors (Lipinski definition) is 1. The van der Waals surface area contributed by atoms with E-state index in [0.717, 1.165) is 12.5 Å². The summed E-state index contributed by atoms with van der Waals surface area (Å²) >= 11 is 1.87. The van der Waals surface area contributed by atoms with Crippen molar-refractivity contribution in [2.24, 2.45) is 5.92 Å². The summed E-state index contributed by atoms with van der Waals surface area (Å²) in [6, 6.07) is 5.08. The first-order chi connectivity index (χ1) is 7.26. The molecule has 0 fully saturated rings. The van der Waals surface area contributed by atoms with Crippen molar-refractivity contribution in [1.29, 1.82) is 0 Å². The molecule has 1 N–H and O–H groups in total. The van der Waals surface area contributed by atoms with Gasteiger partial charge in [0.1, 0.15) is 0 Å². The summed E-state index contributed by atoms with van der Waals surface area (Å²) in [5.41, 5.74) is 0. The number of thiophene rings is 1. The van der Waals surface area contributed by atoms with Gasteiger partial charge in [0.25, 0.3) is 0 Å². The molecule has 0 saturated heterocycles. The van der Waals surface area contributed by atoms with Crippen molar-refractivity contribution in [1.82, 2.24) is 5.32 Å². The first kappa shape index (κ1) is 12.7. The maximum absolute atomic E-state index is 3.64. The summed E-state index contributed by atoms with van der Waals surface area (Å²) in [4.78, 5) is 1.51. The van der Waals surface area contributed by atoms with Gasteiger partial charge in [-0.05, 0) is 43.2 Å². The summed E-state index contributed by atoms with van der Waals surface area (Å²) < 4.78 is 0. The lowest BCUT2D eigenvalue weighted by Crippen LogP contribution is -2.32. The highest BCUT2D eigenvalue weighted by Gasteiger charge is 2.07. The second kappa shape index (κ2) is 7.02. The SMILES string of the molecule is CCC(CC)NCC(C)Cc1cccs1. The predicted molar refractivity (Wildman–Crippen MR) is 69.6 cm³/mol. The van der Waals surface area contributed by atoms with E-state index in [2.05, 4.69) is 43.6 Å². The van der Waals surface area contributed by atoms with Gasteiger partial charge in [0.15, 0.2) is 0 Å². The summed E-state index contributed by atoms with van der Waals surface area (Å²) in [7, 11) is 0. The number of nitrogens with one attached hydrogen (secondary N) is 1. The Labute approximate surface area is 97.9 Å². The average Bonchev–Trinajstić information content (AvgIpc) is 2.72. The number of hydrogen-bond acceptors (Lipinski definition) is 2. The Morgan fingerprint density at radius 2 is 2.07 bits per heavy atom. The van der Waals surface area contributed by atoms with Crippen LogP contribution in [0.5, 0.6) is 0 Å². The van der Waals surface area contributed by atoms with Crippen molar-refractivity contribution in [3.63, 3.8) is 0 Å². The maximum atomic E-state index is 3.64. The van der Waals surface area contributed by atoms with Crippen LogP contribution in [0.2, 0.25) is 0 Å². The third kappa shape index (κ3) is 4.80. The fraction of sp³-hybridized carbons (Fsp3) is 0.692. The van der Waals surface area contributed by atoms with Crippen molar-refractivity contribution < 1.29 is 0 Å². The van der Waals surface area contributed by atoms with E-state index in [1.54, 1.807) is 0 Å². The van der Waals surface area contributed by atoms with Crippen LogP contribution in [0, 0.1) is 5.92 Å². The molecule has 0 aliphatic rings. The Kier molecular flexibility index (Phi) is 5.96. The molecule has 0 bridgehead atoms. The zero-order valence-corrected chi connectivity index (χ0v) is 10.9. The second-order valence-electron chi connectivity index (χ2n) is 4.31. The first-order valence-electron chi connectivity index (χ1n) is 6.02. The molecular formula is C13H23NS. The highest BCUT2D eigenvalue weighted by atomic mass is 32.1. The Morgan fingerprint density at radius 1 is 1.33 bits per heavy atom. The van der Waals surface area contributed by atoms with Gasteiger partial charge in [-0.2, -0.15) is 0 Å². The largest absolute Gasteiger partial charge is 0.314 e. The molecule has 1 aromatic heterocycles. The molecule has 0 radical (unpaired) electrons. The standard InChI is InChI=1S/C13H23NS/c1-4-12(5-2)14-10-11(3)9-13-7-6-8-15-13/h6-8,11-12,14H,4-5,9-10H2,1-3H3. The Morgan fingerprint density at radius 3 is 2.60 bits per heavy atom. The van der Waals surface area contributed by atoms with Gasteiger partial charge in [0.05, 0.1) is 0 Å². The molecule has 1 unspecified atom stereocenters. The van der Waals surface area contributed by atoms with Crippen LogP contribution in [0.3, 0.4) is 0 Å². The van der Waals surface area contributed by atoms with Crippen LogP contribution >= 0.6 is 11.3 Å². The second-order valence-corrected chi connectivity index (χ2v) is 5.34. The van der Waals surface area contributed by atoms with Gasteiger partial charge in [0.2, 0.25) is 0 Å². The van der Waals surface area contributed by atoms with Crippen LogP contribution in [0.1, 0.15) is 38.5 Å². The molecule has 0 aliphatic carbocycles. The molecule has 1 atom stereocenters. The van der Waals surface area contributed by atoms with Crippen molar-refractivity contribution in [2.75, 3.05) is 6.54 Å². The van der Waals surface area contributed by atoms with E-state index >= 15 is 0 Å². The summed E-state index contributed by atoms with van der Waals surface area (Å²) in [5.74, 6) is 0.740. The molecule has 2 heteroatoms. The van der Waals surface area contributed by atoms with Gasteiger partial charge in [0, 0.05) is 10.9 Å². The van der Waals surface area contributed by atoms with E-state index in [4.69, 9.17) is 0 Å². The molecule has 0 spiro atoms. The topological polar surface area (TPSA) is 12.0 Å². The normalized spacial score (nSPS) is 13.3. The molecule has 1 rings (SSSR count). The molecule has 1 heterocycles. The predicted octanol–water partition coefficient (Wildman–Crippen LogP) is 3.70. The van der Waals surface area contributed by atoms with E-state index in [0.29, 0.717) is 6.04 Å². The molecule has 0 amide bonds. The number of rotatable bonds is 7. The first-order valence-corrected chi connectivity index (χ1v) is 6.90. The fourth-order valence-corrected chi connectivity index (χ4v) is 2.66. The van der Waals surface area contributed by atoms with Gasteiger partial charge in [-0.15, -0.1) is 11.3 Å². The summed E-state index contributed by atoms with van der Waals surface area (Å²) in [6.45, 7) is 7.98. The van der Waals surface area contributed by atoms with Gasteiger partial charge in [-0.1, -0.05) is 26.8 Å². The highest BCUT2D eigenvalue weighted by molar-refractivity contribution is 7.09. The molecule has 15 heavy (non-hydrogen) atoms. The molecule has 1 nitrogen and oxygen atoms in total. The van der Waals surface area contributed by atoms with E-state index < -0.39 is 0 Å². The van der Waals surface area contributed by atoms with Crippen molar-refractivity contribution >= 4 is 11.3 Å². The van der Waals surface area contributed by atoms with E-state index in [1.807, 2.05) is 11.3 Å². The van der Waals surface area contributed by atoms with Crippen LogP contribution in [-0.4, -0.2) is 12.6 Å². The molecule has 0 aromatic carbocycles. The van der Waals surface area contributed by atoms with Crippen LogP contribution < -0.4 is 5.32 Å². The van der Waals surface area contributed by atoms with Crippen molar-refractivity contribution in [3.05, 3.63) is 22.4 Å². The Hall–Kier alpha value is -0.340. The van der Waals surface area contributed by atoms with Crippen molar-refractivity contribution in [3.8, 4) is 0 Å². The van der Waals surface area contributed by atoms with E-state index in [1.165, 1.54) is 24.1 Å². The van der Waals surface area contributed by atoms with Crippen molar-refractivity contribution in [2.45, 2.75) is 46.1 Å². The molecular weight excluding hydrogens is 202 g/mol. The fourth-order valence-electron chi connectivity index (χ4n) is 1.79. The minimum absolute atomic E-state index is 0.704. The summed E-state index contributed by atoms with van der Waals surface area (Å²) in [6.07, 6.45) is 3.69. The lowest BCUT2D eigenvalue weighted by Gasteiger charge is -2.18. The lowest BCUT2D eigenvalue weighted by molar-refractivity contribution is 0.427. The zero-order chi connectivity index (χ0) is 11.1. The van der Waals surface area contributed by atoms with Gasteiger partial charge < -0.3 is 5.32 Å². The average molecular weight is 225 g/mol. The van der Waals surface area contributed by atoms with Crippen LogP contribution in [0.4, 0.5) is 0 Å². The maximum Gasteiger partial charge on any atom is 0.00619 e. The lowest BCUT2D eigenvalue weighted by atomic mass is 10.1. The van der Waals surface area contributed by atoms with Gasteiger partial charge >= 0.3 is 0 Å². The summed E-state index contributed by atoms with van der Waals surface area (Å²) in [5, 5.41) is 5.80. The van der Waals surface area contributed by atoms with Crippen LogP contribution in [-0.2, 0) is 6.42 Å². The minimum atomic E-state index is 0.704. The minimum Gasteiger partial charge on any atom is -0.314 e. The molecule has 86 valence electrons. The molecule has 1 aromatic rings. The third-order valence-electron chi connectivity index (χ3n) is 2.87. The monoisotopic (exact) mass is 225 g/mol. The third-order valence-corrected chi connectivity index (χ3v) is 3.77. The van der Waals surface area contributed by atoms with E-state index in [-0.39, 0.29) is 0 Å². The quantitative estimate of drug-likeness (QED) is 0.746. The zero-order valence-electron chi connectivity index (χ0n) is 10.1. The smallest absolute Gasteiger partial charge is 0.00619 e. The molecule has 0 aliphatic heterocycles. The highest BCUT2D eigenvalue weighted by Crippen LogP contribution is 2.14. The van der Waals surface area contributed by atoms with E-state index in [9.17, 15) is 0 Å². The van der Waals surface area contributed by atoms with Crippen LogP contribution in [0.15, 0.2) is 17.5 Å². The Bertz CT molecular complexity index is 239. The molecule has 0 saturated carbocycles.